The average Bonchev–Trinajstić information content (AvgIpc) is 2.35. The summed E-state index contributed by atoms with van der Waals surface area (Å²) in [5, 5.41) is 0. The molecule has 1 aromatic carbocycles. The maximum atomic E-state index is 13.4. The van der Waals surface area contributed by atoms with E-state index in [9.17, 15) is 9.18 Å². The van der Waals surface area contributed by atoms with Gasteiger partial charge in [0.25, 0.3) is 0 Å². The van der Waals surface area contributed by atoms with E-state index < -0.39 is 0 Å². The second-order valence-corrected chi connectivity index (χ2v) is 6.12. The first-order valence-corrected chi connectivity index (χ1v) is 7.33. The fourth-order valence-electron chi connectivity index (χ4n) is 2.74. The molecule has 1 aliphatic rings. The molecule has 0 bridgehead atoms. The van der Waals surface area contributed by atoms with Crippen LogP contribution in [-0.4, -0.2) is 5.78 Å². The number of carbonyl (C=O) groups excluding carboxylic acids is 1. The van der Waals surface area contributed by atoms with Crippen LogP contribution in [0.1, 0.15) is 38.2 Å². The lowest BCUT2D eigenvalue weighted by Gasteiger charge is -2.25. The summed E-state index contributed by atoms with van der Waals surface area (Å²) in [6.45, 7) is 2.21. The van der Waals surface area contributed by atoms with Gasteiger partial charge in [-0.15, -0.1) is 0 Å². The molecular formula is C15H18BrFO. The largest absolute Gasteiger partial charge is 0.299 e. The van der Waals surface area contributed by atoms with Crippen LogP contribution in [0, 0.1) is 17.7 Å². The number of halogens is 2. The summed E-state index contributed by atoms with van der Waals surface area (Å²) in [6.07, 6.45) is 4.70. The van der Waals surface area contributed by atoms with Gasteiger partial charge in [-0.05, 0) is 46.3 Å². The molecule has 0 aliphatic heterocycles. The maximum Gasteiger partial charge on any atom is 0.140 e. The molecule has 0 amide bonds. The zero-order chi connectivity index (χ0) is 13.1. The van der Waals surface area contributed by atoms with Crippen LogP contribution < -0.4 is 0 Å². The first-order valence-electron chi connectivity index (χ1n) is 6.53. The third-order valence-electron chi connectivity index (χ3n) is 3.79. The van der Waals surface area contributed by atoms with E-state index in [0.717, 1.165) is 24.8 Å². The van der Waals surface area contributed by atoms with Crippen molar-refractivity contribution in [2.24, 2.45) is 11.8 Å². The van der Waals surface area contributed by atoms with Gasteiger partial charge in [-0.25, -0.2) is 4.39 Å². The Bertz CT molecular complexity index is 444. The van der Waals surface area contributed by atoms with E-state index in [4.69, 9.17) is 0 Å². The lowest BCUT2D eigenvalue weighted by molar-refractivity contribution is -0.123. The summed E-state index contributed by atoms with van der Waals surface area (Å²) in [7, 11) is 0. The Morgan fingerprint density at radius 3 is 2.94 bits per heavy atom. The Balaban J connectivity index is 2.04. The molecule has 2 rings (SSSR count). The van der Waals surface area contributed by atoms with Gasteiger partial charge in [-0.1, -0.05) is 31.9 Å². The van der Waals surface area contributed by atoms with Crippen LogP contribution in [0.2, 0.25) is 0 Å². The van der Waals surface area contributed by atoms with Crippen molar-refractivity contribution in [3.05, 3.63) is 34.1 Å². The summed E-state index contributed by atoms with van der Waals surface area (Å²) in [5.41, 5.74) is 0.762. The molecule has 1 fully saturated rings. The Morgan fingerprint density at radius 1 is 1.44 bits per heavy atom. The van der Waals surface area contributed by atoms with Gasteiger partial charge in [-0.3, -0.25) is 4.79 Å². The van der Waals surface area contributed by atoms with Gasteiger partial charge in [0.1, 0.15) is 11.6 Å². The Morgan fingerprint density at radius 2 is 2.22 bits per heavy atom. The maximum absolute atomic E-state index is 13.4. The third kappa shape index (κ3) is 3.19. The van der Waals surface area contributed by atoms with E-state index in [1.807, 2.05) is 6.07 Å². The molecule has 1 nitrogen and oxygen atoms in total. The van der Waals surface area contributed by atoms with Crippen LogP contribution in [0.15, 0.2) is 22.7 Å². The van der Waals surface area contributed by atoms with Crippen molar-refractivity contribution in [3.63, 3.8) is 0 Å². The molecule has 0 N–H and O–H groups in total. The van der Waals surface area contributed by atoms with Crippen LogP contribution in [-0.2, 0) is 11.2 Å². The Kier molecular flexibility index (Phi) is 4.55. The fraction of sp³-hybridized carbons (Fsp3) is 0.533. The molecule has 0 saturated heterocycles. The zero-order valence-electron chi connectivity index (χ0n) is 10.6. The van der Waals surface area contributed by atoms with Crippen LogP contribution in [0.25, 0.3) is 0 Å². The smallest absolute Gasteiger partial charge is 0.140 e. The first-order chi connectivity index (χ1) is 8.58. The van der Waals surface area contributed by atoms with Crippen LogP contribution in [0.4, 0.5) is 4.39 Å². The van der Waals surface area contributed by atoms with Crippen molar-refractivity contribution in [1.82, 2.24) is 0 Å². The average molecular weight is 313 g/mol. The quantitative estimate of drug-likeness (QED) is 0.801. The number of rotatable bonds is 3. The van der Waals surface area contributed by atoms with E-state index in [1.54, 1.807) is 6.07 Å². The molecule has 1 aliphatic carbocycles. The van der Waals surface area contributed by atoms with Crippen molar-refractivity contribution >= 4 is 21.7 Å². The lowest BCUT2D eigenvalue weighted by atomic mass is 9.79. The summed E-state index contributed by atoms with van der Waals surface area (Å²) in [4.78, 5) is 12.2. The SMILES string of the molecule is CC1CCCC(C(=O)Cc2cccc(F)c2Br)C1. The molecule has 98 valence electrons. The van der Waals surface area contributed by atoms with Crippen molar-refractivity contribution in [2.75, 3.05) is 0 Å². The molecule has 18 heavy (non-hydrogen) atoms. The highest BCUT2D eigenvalue weighted by atomic mass is 79.9. The molecule has 1 saturated carbocycles. The van der Waals surface area contributed by atoms with Crippen LogP contribution in [0.5, 0.6) is 0 Å². The van der Waals surface area contributed by atoms with Crippen molar-refractivity contribution < 1.29 is 9.18 Å². The number of ketones is 1. The highest BCUT2D eigenvalue weighted by Gasteiger charge is 2.25. The summed E-state index contributed by atoms with van der Waals surface area (Å²) < 4.78 is 13.8. The van der Waals surface area contributed by atoms with Crippen LogP contribution in [0.3, 0.4) is 0 Å². The second-order valence-electron chi connectivity index (χ2n) is 5.32. The minimum absolute atomic E-state index is 0.170. The fourth-order valence-corrected chi connectivity index (χ4v) is 3.15. The van der Waals surface area contributed by atoms with E-state index in [-0.39, 0.29) is 17.5 Å². The number of Topliss-reactive ketones (excluding diaryl/α,β-unsaturated/α-hetero) is 1. The van der Waals surface area contributed by atoms with E-state index in [2.05, 4.69) is 22.9 Å². The first kappa shape index (κ1) is 13.7. The lowest BCUT2D eigenvalue weighted by Crippen LogP contribution is -2.23. The molecule has 0 radical (unpaired) electrons. The molecule has 3 heteroatoms. The van der Waals surface area contributed by atoms with Crippen molar-refractivity contribution in [3.8, 4) is 0 Å². The zero-order valence-corrected chi connectivity index (χ0v) is 12.2. The van der Waals surface area contributed by atoms with Gasteiger partial charge in [-0.2, -0.15) is 0 Å². The molecule has 0 heterocycles. The number of carbonyl (C=O) groups is 1. The monoisotopic (exact) mass is 312 g/mol. The van der Waals surface area contributed by atoms with Gasteiger partial charge in [0, 0.05) is 12.3 Å². The molecular weight excluding hydrogens is 295 g/mol. The molecule has 0 aromatic heterocycles. The highest BCUT2D eigenvalue weighted by Crippen LogP contribution is 2.31. The molecule has 2 atom stereocenters. The number of benzene rings is 1. The van der Waals surface area contributed by atoms with E-state index in [0.29, 0.717) is 16.8 Å². The van der Waals surface area contributed by atoms with E-state index >= 15 is 0 Å². The van der Waals surface area contributed by atoms with Gasteiger partial charge < -0.3 is 0 Å². The van der Waals surface area contributed by atoms with Gasteiger partial charge in [0.05, 0.1) is 4.47 Å². The molecule has 1 aromatic rings. The molecule has 2 unspecified atom stereocenters. The summed E-state index contributed by atoms with van der Waals surface area (Å²) >= 11 is 3.22. The summed E-state index contributed by atoms with van der Waals surface area (Å²) in [5.74, 6) is 0.776. The van der Waals surface area contributed by atoms with Crippen molar-refractivity contribution in [1.29, 1.82) is 0 Å². The number of hydrogen-bond acceptors (Lipinski definition) is 1. The highest BCUT2D eigenvalue weighted by molar-refractivity contribution is 9.10. The van der Waals surface area contributed by atoms with Gasteiger partial charge >= 0.3 is 0 Å². The van der Waals surface area contributed by atoms with E-state index in [1.165, 1.54) is 12.5 Å². The Labute approximate surface area is 116 Å². The Hall–Kier alpha value is -0.700. The minimum Gasteiger partial charge on any atom is -0.299 e. The number of hydrogen-bond donors (Lipinski definition) is 0. The predicted molar refractivity (Wildman–Crippen MR) is 73.9 cm³/mol. The topological polar surface area (TPSA) is 17.1 Å². The third-order valence-corrected chi connectivity index (χ3v) is 4.68. The van der Waals surface area contributed by atoms with Gasteiger partial charge in [0.15, 0.2) is 0 Å². The van der Waals surface area contributed by atoms with Gasteiger partial charge in [0.2, 0.25) is 0 Å². The second kappa shape index (κ2) is 5.96. The normalized spacial score (nSPS) is 23.9. The standard InChI is InChI=1S/C15H18BrFO/c1-10-4-2-5-11(8-10)14(18)9-12-6-3-7-13(17)15(12)16/h3,6-7,10-11H,2,4-5,8-9H2,1H3. The minimum atomic E-state index is -0.294. The van der Waals surface area contributed by atoms with Crippen LogP contribution >= 0.6 is 15.9 Å². The summed E-state index contributed by atoms with van der Waals surface area (Å²) in [6, 6.07) is 4.88. The predicted octanol–water partition coefficient (Wildman–Crippen LogP) is 4.53. The molecule has 0 spiro atoms. The van der Waals surface area contributed by atoms with Crippen molar-refractivity contribution in [2.45, 2.75) is 39.0 Å².